The van der Waals surface area contributed by atoms with Crippen LogP contribution in [0.4, 0.5) is 0 Å². The second-order valence-electron chi connectivity index (χ2n) is 5.96. The molecule has 4 heteroatoms. The summed E-state index contributed by atoms with van der Waals surface area (Å²) >= 11 is 0. The lowest BCUT2D eigenvalue weighted by atomic mass is 10.00. The lowest BCUT2D eigenvalue weighted by Crippen LogP contribution is -1.92. The standard InChI is InChI=1S/C21H24O4/c1-14(2)5-9-18-16(12-17(24-3)13-19(18)22)8-6-15-7-10-21(25-4)20(23)11-15/h5-8,10-13,22-23H,9H2,1-4H3/b8-6+. The van der Waals surface area contributed by atoms with E-state index in [4.69, 9.17) is 9.47 Å². The zero-order chi connectivity index (χ0) is 18.4. The summed E-state index contributed by atoms with van der Waals surface area (Å²) in [5.41, 5.74) is 3.71. The lowest BCUT2D eigenvalue weighted by molar-refractivity contribution is 0.373. The van der Waals surface area contributed by atoms with Crippen molar-refractivity contribution in [2.45, 2.75) is 20.3 Å². The number of methoxy groups -OCH3 is 2. The smallest absolute Gasteiger partial charge is 0.160 e. The van der Waals surface area contributed by atoms with Gasteiger partial charge in [-0.1, -0.05) is 29.9 Å². The summed E-state index contributed by atoms with van der Waals surface area (Å²) in [6.45, 7) is 4.05. The maximum absolute atomic E-state index is 10.3. The first-order valence-corrected chi connectivity index (χ1v) is 8.03. The highest BCUT2D eigenvalue weighted by Crippen LogP contribution is 2.31. The molecule has 0 radical (unpaired) electrons. The number of aromatic hydroxyl groups is 2. The second kappa shape index (κ2) is 8.29. The second-order valence-corrected chi connectivity index (χ2v) is 5.96. The van der Waals surface area contributed by atoms with E-state index in [-0.39, 0.29) is 11.5 Å². The van der Waals surface area contributed by atoms with Gasteiger partial charge < -0.3 is 19.7 Å². The summed E-state index contributed by atoms with van der Waals surface area (Å²) in [6, 6.07) is 8.69. The number of allylic oxidation sites excluding steroid dienone is 2. The molecule has 0 aliphatic carbocycles. The number of phenols is 2. The Morgan fingerprint density at radius 3 is 2.32 bits per heavy atom. The molecule has 0 heterocycles. The van der Waals surface area contributed by atoms with Crippen LogP contribution in [0.1, 0.15) is 30.5 Å². The first-order chi connectivity index (χ1) is 11.9. The zero-order valence-electron chi connectivity index (χ0n) is 15.0. The molecule has 4 nitrogen and oxygen atoms in total. The third kappa shape index (κ3) is 4.80. The van der Waals surface area contributed by atoms with Crippen LogP contribution in [0, 0.1) is 0 Å². The average Bonchev–Trinajstić information content (AvgIpc) is 2.58. The Morgan fingerprint density at radius 1 is 0.960 bits per heavy atom. The van der Waals surface area contributed by atoms with Gasteiger partial charge in [-0.05, 0) is 49.6 Å². The van der Waals surface area contributed by atoms with Gasteiger partial charge in [0.2, 0.25) is 0 Å². The molecule has 0 saturated heterocycles. The van der Waals surface area contributed by atoms with Crippen LogP contribution in [-0.2, 0) is 6.42 Å². The normalized spacial score (nSPS) is 10.7. The quantitative estimate of drug-likeness (QED) is 0.586. The van der Waals surface area contributed by atoms with E-state index >= 15 is 0 Å². The Bertz CT molecular complexity index is 800. The van der Waals surface area contributed by atoms with Gasteiger partial charge in [-0.15, -0.1) is 0 Å². The third-order valence-corrected chi connectivity index (χ3v) is 3.84. The zero-order valence-corrected chi connectivity index (χ0v) is 15.0. The van der Waals surface area contributed by atoms with Crippen LogP contribution in [0.2, 0.25) is 0 Å². The van der Waals surface area contributed by atoms with Crippen LogP contribution in [0.3, 0.4) is 0 Å². The van der Waals surface area contributed by atoms with E-state index in [0.29, 0.717) is 17.9 Å². The van der Waals surface area contributed by atoms with Crippen molar-refractivity contribution in [3.05, 3.63) is 58.7 Å². The van der Waals surface area contributed by atoms with Gasteiger partial charge in [0, 0.05) is 11.6 Å². The fraction of sp³-hybridized carbons (Fsp3) is 0.238. The Morgan fingerprint density at radius 2 is 1.72 bits per heavy atom. The molecular weight excluding hydrogens is 316 g/mol. The van der Waals surface area contributed by atoms with Crippen molar-refractivity contribution >= 4 is 12.2 Å². The van der Waals surface area contributed by atoms with E-state index in [2.05, 4.69) is 6.08 Å². The van der Waals surface area contributed by atoms with E-state index in [9.17, 15) is 10.2 Å². The molecule has 0 atom stereocenters. The van der Waals surface area contributed by atoms with Gasteiger partial charge in [-0.3, -0.25) is 0 Å². The van der Waals surface area contributed by atoms with Crippen molar-refractivity contribution in [2.75, 3.05) is 14.2 Å². The maximum Gasteiger partial charge on any atom is 0.160 e. The Hall–Kier alpha value is -2.88. The molecule has 0 bridgehead atoms. The van der Waals surface area contributed by atoms with Gasteiger partial charge in [0.15, 0.2) is 11.5 Å². The maximum atomic E-state index is 10.3. The van der Waals surface area contributed by atoms with Crippen molar-refractivity contribution in [2.24, 2.45) is 0 Å². The van der Waals surface area contributed by atoms with Gasteiger partial charge in [0.25, 0.3) is 0 Å². The summed E-state index contributed by atoms with van der Waals surface area (Å²) in [6.07, 6.45) is 6.47. The minimum absolute atomic E-state index is 0.0860. The average molecular weight is 340 g/mol. The van der Waals surface area contributed by atoms with E-state index in [0.717, 1.165) is 16.7 Å². The van der Waals surface area contributed by atoms with E-state index in [1.165, 1.54) is 12.7 Å². The largest absolute Gasteiger partial charge is 0.507 e. The minimum atomic E-state index is 0.0860. The highest BCUT2D eigenvalue weighted by molar-refractivity contribution is 5.74. The van der Waals surface area contributed by atoms with Crippen LogP contribution in [0.5, 0.6) is 23.0 Å². The molecule has 25 heavy (non-hydrogen) atoms. The van der Waals surface area contributed by atoms with Gasteiger partial charge in [-0.25, -0.2) is 0 Å². The minimum Gasteiger partial charge on any atom is -0.507 e. The Labute approximate surface area is 148 Å². The SMILES string of the molecule is COc1cc(O)c(CC=C(C)C)c(/C=C/c2ccc(OC)c(O)c2)c1. The fourth-order valence-electron chi connectivity index (χ4n) is 2.44. The van der Waals surface area contributed by atoms with E-state index in [1.54, 1.807) is 25.3 Å². The summed E-state index contributed by atoms with van der Waals surface area (Å²) in [5, 5.41) is 20.2. The fourth-order valence-corrected chi connectivity index (χ4v) is 2.44. The third-order valence-electron chi connectivity index (χ3n) is 3.84. The first-order valence-electron chi connectivity index (χ1n) is 8.03. The van der Waals surface area contributed by atoms with Crippen molar-refractivity contribution in [1.29, 1.82) is 0 Å². The van der Waals surface area contributed by atoms with Crippen molar-refractivity contribution in [3.8, 4) is 23.0 Å². The summed E-state index contributed by atoms with van der Waals surface area (Å²) < 4.78 is 10.3. The number of phenolic OH excluding ortho intramolecular Hbond substituents is 2. The molecule has 2 rings (SSSR count). The number of ether oxygens (including phenoxy) is 2. The highest BCUT2D eigenvalue weighted by atomic mass is 16.5. The Balaban J connectivity index is 2.40. The molecule has 132 valence electrons. The summed E-state index contributed by atoms with van der Waals surface area (Å²) in [4.78, 5) is 0. The van der Waals surface area contributed by atoms with E-state index in [1.807, 2.05) is 38.1 Å². The van der Waals surface area contributed by atoms with Crippen LogP contribution in [0.25, 0.3) is 12.2 Å². The molecule has 0 aromatic heterocycles. The molecule has 2 aromatic carbocycles. The van der Waals surface area contributed by atoms with Crippen molar-refractivity contribution in [1.82, 2.24) is 0 Å². The van der Waals surface area contributed by atoms with E-state index < -0.39 is 0 Å². The van der Waals surface area contributed by atoms with Gasteiger partial charge >= 0.3 is 0 Å². The summed E-state index contributed by atoms with van der Waals surface area (Å²) in [7, 11) is 3.08. The number of hydrogen-bond acceptors (Lipinski definition) is 4. The molecule has 0 saturated carbocycles. The predicted molar refractivity (Wildman–Crippen MR) is 101 cm³/mol. The van der Waals surface area contributed by atoms with Crippen LogP contribution < -0.4 is 9.47 Å². The van der Waals surface area contributed by atoms with Crippen molar-refractivity contribution in [3.63, 3.8) is 0 Å². The predicted octanol–water partition coefficient (Wildman–Crippen LogP) is 4.79. The molecule has 2 N–H and O–H groups in total. The topological polar surface area (TPSA) is 58.9 Å². The molecule has 0 unspecified atom stereocenters. The van der Waals surface area contributed by atoms with Crippen molar-refractivity contribution < 1.29 is 19.7 Å². The summed E-state index contributed by atoms with van der Waals surface area (Å²) in [5.74, 6) is 1.31. The Kier molecular flexibility index (Phi) is 6.12. The molecule has 0 fully saturated rings. The lowest BCUT2D eigenvalue weighted by Gasteiger charge is -2.10. The number of rotatable bonds is 6. The first kappa shape index (κ1) is 18.5. The van der Waals surface area contributed by atoms with Gasteiger partial charge in [0.05, 0.1) is 14.2 Å². The van der Waals surface area contributed by atoms with Crippen LogP contribution in [0.15, 0.2) is 42.0 Å². The van der Waals surface area contributed by atoms with Crippen LogP contribution in [-0.4, -0.2) is 24.4 Å². The molecular formula is C21H24O4. The number of benzene rings is 2. The molecule has 0 aliphatic rings. The monoisotopic (exact) mass is 340 g/mol. The van der Waals surface area contributed by atoms with Gasteiger partial charge in [0.1, 0.15) is 11.5 Å². The van der Waals surface area contributed by atoms with Crippen LogP contribution >= 0.6 is 0 Å². The molecule has 2 aromatic rings. The molecule has 0 spiro atoms. The van der Waals surface area contributed by atoms with Gasteiger partial charge in [-0.2, -0.15) is 0 Å². The molecule has 0 amide bonds. The molecule has 0 aliphatic heterocycles. The highest BCUT2D eigenvalue weighted by Gasteiger charge is 2.09. The number of hydrogen-bond donors (Lipinski definition) is 2.